The predicted octanol–water partition coefficient (Wildman–Crippen LogP) is 9.42. The molecule has 0 aromatic heterocycles. The summed E-state index contributed by atoms with van der Waals surface area (Å²) in [6.45, 7) is 28.5. The summed E-state index contributed by atoms with van der Waals surface area (Å²) in [5.74, 6) is 4.48. The van der Waals surface area contributed by atoms with Crippen molar-refractivity contribution in [2.24, 2.45) is 22.7 Å². The molecule has 2 nitrogen and oxygen atoms in total. The third-order valence-corrected chi connectivity index (χ3v) is 15.4. The van der Waals surface area contributed by atoms with Gasteiger partial charge < -0.3 is 8.85 Å². The van der Waals surface area contributed by atoms with Crippen molar-refractivity contribution in [1.29, 1.82) is 0 Å². The molecule has 0 aromatic carbocycles. The van der Waals surface area contributed by atoms with E-state index in [1.54, 1.807) is 0 Å². The van der Waals surface area contributed by atoms with Crippen molar-refractivity contribution in [1.82, 2.24) is 0 Å². The second kappa shape index (κ2) is 10.3. The normalized spacial score (nSPS) is 30.5. The Morgan fingerprint density at radius 2 is 1.56 bits per heavy atom. The molecule has 0 aromatic rings. The summed E-state index contributed by atoms with van der Waals surface area (Å²) in [6, 6.07) is 0. The van der Waals surface area contributed by atoms with E-state index >= 15 is 0 Å². The van der Waals surface area contributed by atoms with Crippen LogP contribution < -0.4 is 0 Å². The highest BCUT2D eigenvalue weighted by Gasteiger charge is 2.57. The molecule has 198 valence electrons. The molecule has 0 saturated heterocycles. The molecule has 0 aliphatic heterocycles. The van der Waals surface area contributed by atoms with Gasteiger partial charge in [-0.3, -0.25) is 0 Å². The summed E-state index contributed by atoms with van der Waals surface area (Å²) >= 11 is 0. The van der Waals surface area contributed by atoms with Gasteiger partial charge in [-0.05, 0) is 113 Å². The molecule has 0 heterocycles. The van der Waals surface area contributed by atoms with Crippen molar-refractivity contribution in [3.8, 4) is 12.3 Å². The molecule has 0 bridgehead atoms. The summed E-state index contributed by atoms with van der Waals surface area (Å²) in [5, 5.41) is 0.266. The van der Waals surface area contributed by atoms with Gasteiger partial charge in [0, 0.05) is 12.5 Å². The number of fused-ring (bicyclic) bond motifs is 1. The Hall–Kier alpha value is -0.0862. The van der Waals surface area contributed by atoms with E-state index in [1.165, 1.54) is 44.9 Å². The molecule has 0 N–H and O–H groups in total. The monoisotopic (exact) mass is 506 g/mol. The lowest BCUT2D eigenvalue weighted by Crippen LogP contribution is -2.51. The van der Waals surface area contributed by atoms with Crippen molar-refractivity contribution in [2.45, 2.75) is 156 Å². The summed E-state index contributed by atoms with van der Waals surface area (Å²) in [4.78, 5) is 0. The minimum absolute atomic E-state index is 0.0451. The molecule has 4 heteroatoms. The van der Waals surface area contributed by atoms with Crippen LogP contribution in [0, 0.1) is 35.0 Å². The lowest BCUT2D eigenvalue weighted by Gasteiger charge is -2.52. The topological polar surface area (TPSA) is 18.5 Å². The van der Waals surface area contributed by atoms with Crippen molar-refractivity contribution in [3.05, 3.63) is 0 Å². The van der Waals surface area contributed by atoms with Gasteiger partial charge in [0.05, 0.1) is 5.60 Å². The lowest BCUT2D eigenvalue weighted by atomic mass is 9.56. The van der Waals surface area contributed by atoms with E-state index in [9.17, 15) is 0 Å². The highest BCUT2D eigenvalue weighted by atomic mass is 28.4. The van der Waals surface area contributed by atoms with E-state index in [1.807, 2.05) is 0 Å². The van der Waals surface area contributed by atoms with E-state index in [2.05, 4.69) is 87.1 Å². The molecule has 2 fully saturated rings. The fourth-order valence-electron chi connectivity index (χ4n) is 7.38. The van der Waals surface area contributed by atoms with E-state index in [0.717, 1.165) is 12.8 Å². The SMILES string of the molecule is C#CC[C@@](C)(CCCC(C)(C)O[Si](C)(C)C)C1CCC2C(O[Si](C)(C)C(C)(C)C)CCC[C@@]21C. The molecule has 3 unspecified atom stereocenters. The van der Waals surface area contributed by atoms with Crippen LogP contribution in [0.4, 0.5) is 0 Å². The molecule has 0 spiro atoms. The summed E-state index contributed by atoms with van der Waals surface area (Å²) in [5.41, 5.74) is 0.504. The summed E-state index contributed by atoms with van der Waals surface area (Å²) < 4.78 is 13.6. The zero-order valence-electron chi connectivity index (χ0n) is 25.0. The van der Waals surface area contributed by atoms with Crippen molar-refractivity contribution in [3.63, 3.8) is 0 Å². The smallest absolute Gasteiger partial charge is 0.192 e. The number of hydrogen-bond donors (Lipinski definition) is 0. The van der Waals surface area contributed by atoms with Gasteiger partial charge in [-0.25, -0.2) is 0 Å². The van der Waals surface area contributed by atoms with Crippen LogP contribution in [0.2, 0.25) is 37.8 Å². The van der Waals surface area contributed by atoms with Crippen LogP contribution >= 0.6 is 0 Å². The molecule has 0 radical (unpaired) electrons. The second-order valence-electron chi connectivity index (χ2n) is 15.4. The molecule has 34 heavy (non-hydrogen) atoms. The zero-order chi connectivity index (χ0) is 26.2. The third kappa shape index (κ3) is 7.02. The van der Waals surface area contributed by atoms with Crippen LogP contribution in [0.15, 0.2) is 0 Å². The molecule has 5 atom stereocenters. The van der Waals surface area contributed by atoms with Crippen molar-refractivity contribution < 1.29 is 8.85 Å². The van der Waals surface area contributed by atoms with Gasteiger partial charge in [-0.1, -0.05) is 47.5 Å². The Labute approximate surface area is 216 Å². The zero-order valence-corrected chi connectivity index (χ0v) is 27.0. The van der Waals surface area contributed by atoms with Gasteiger partial charge in [0.15, 0.2) is 16.6 Å². The van der Waals surface area contributed by atoms with Gasteiger partial charge in [0.25, 0.3) is 0 Å². The molecule has 2 aliphatic rings. The van der Waals surface area contributed by atoms with Gasteiger partial charge in [-0.15, -0.1) is 12.3 Å². The van der Waals surface area contributed by atoms with Crippen LogP contribution in [0.25, 0.3) is 0 Å². The van der Waals surface area contributed by atoms with Crippen LogP contribution in [0.5, 0.6) is 0 Å². The van der Waals surface area contributed by atoms with Gasteiger partial charge in [-0.2, -0.15) is 0 Å². The summed E-state index contributed by atoms with van der Waals surface area (Å²) in [6.07, 6.45) is 17.3. The van der Waals surface area contributed by atoms with Crippen LogP contribution in [0.1, 0.15) is 106 Å². The first kappa shape index (κ1) is 30.1. The Kier molecular flexibility index (Phi) is 9.17. The maximum Gasteiger partial charge on any atom is 0.192 e. The molecule has 2 saturated carbocycles. The minimum Gasteiger partial charge on any atom is -0.414 e. The standard InChI is InChI=1S/C30H58O2Si2/c1-14-20-29(7,22-16-21-28(5,6)32-33(9,10)11)26-19-18-24-25(17-15-23-30(24,26)8)31-34(12,13)27(2,3)4/h1,24-26H,15-23H2,2-13H3/t24?,25?,26?,29-,30-/m0/s1. The van der Waals surface area contributed by atoms with E-state index in [4.69, 9.17) is 15.3 Å². The number of hydrogen-bond acceptors (Lipinski definition) is 2. The first-order chi connectivity index (χ1) is 15.3. The largest absolute Gasteiger partial charge is 0.414 e. The molecule has 0 amide bonds. The van der Waals surface area contributed by atoms with Crippen LogP contribution in [0.3, 0.4) is 0 Å². The first-order valence-corrected chi connectivity index (χ1v) is 20.4. The molecular weight excluding hydrogens is 449 g/mol. The highest BCUT2D eigenvalue weighted by Crippen LogP contribution is 2.63. The average Bonchev–Trinajstić information content (AvgIpc) is 2.97. The Balaban J connectivity index is 2.18. The van der Waals surface area contributed by atoms with E-state index in [0.29, 0.717) is 23.4 Å². The first-order valence-electron chi connectivity index (χ1n) is 14.1. The fourth-order valence-corrected chi connectivity index (χ4v) is 10.5. The number of rotatable bonds is 10. The minimum atomic E-state index is -1.77. The van der Waals surface area contributed by atoms with Crippen LogP contribution in [-0.4, -0.2) is 28.3 Å². The van der Waals surface area contributed by atoms with Crippen molar-refractivity contribution >= 4 is 16.6 Å². The maximum atomic E-state index is 7.10. The molecule has 2 rings (SSSR count). The Morgan fingerprint density at radius 1 is 0.941 bits per heavy atom. The Morgan fingerprint density at radius 3 is 2.09 bits per heavy atom. The van der Waals surface area contributed by atoms with Gasteiger partial charge in [0.2, 0.25) is 0 Å². The predicted molar refractivity (Wildman–Crippen MR) is 154 cm³/mol. The summed E-state index contributed by atoms with van der Waals surface area (Å²) in [7, 11) is -3.32. The second-order valence-corrected chi connectivity index (χ2v) is 24.6. The van der Waals surface area contributed by atoms with Gasteiger partial charge >= 0.3 is 0 Å². The quantitative estimate of drug-likeness (QED) is 0.217. The average molecular weight is 507 g/mol. The van der Waals surface area contributed by atoms with E-state index in [-0.39, 0.29) is 16.1 Å². The Bertz CT molecular complexity index is 724. The van der Waals surface area contributed by atoms with Gasteiger partial charge in [0.1, 0.15) is 0 Å². The van der Waals surface area contributed by atoms with Crippen LogP contribution in [-0.2, 0) is 8.85 Å². The third-order valence-electron chi connectivity index (χ3n) is 9.77. The highest BCUT2D eigenvalue weighted by molar-refractivity contribution is 6.74. The lowest BCUT2D eigenvalue weighted by molar-refractivity contribution is -0.0441. The number of terminal acetylenes is 1. The molecule has 2 aliphatic carbocycles. The molecular formula is C30H58O2Si2. The van der Waals surface area contributed by atoms with Crippen molar-refractivity contribution in [2.75, 3.05) is 0 Å². The maximum absolute atomic E-state index is 7.10. The fraction of sp³-hybridized carbons (Fsp3) is 0.933. The van der Waals surface area contributed by atoms with E-state index < -0.39 is 16.6 Å².